The number of aromatic amines is 1. The molecule has 2 aromatic heterocycles. The number of nitrogen functional groups attached to an aromatic ring is 1. The molecule has 0 unspecified atom stereocenters. The van der Waals surface area contributed by atoms with Crippen molar-refractivity contribution in [3.8, 4) is 5.75 Å². The van der Waals surface area contributed by atoms with E-state index in [1.54, 1.807) is 13.3 Å². The quantitative estimate of drug-likeness (QED) is 0.646. The Balaban J connectivity index is 2.44. The molecule has 5 nitrogen and oxygen atoms in total. The van der Waals surface area contributed by atoms with E-state index in [1.165, 1.54) is 0 Å². The van der Waals surface area contributed by atoms with Gasteiger partial charge in [-0.05, 0) is 18.2 Å². The van der Waals surface area contributed by atoms with Crippen molar-refractivity contribution in [1.29, 1.82) is 0 Å². The maximum Gasteiger partial charge on any atom is 0.220 e. The molecule has 0 aliphatic rings. The van der Waals surface area contributed by atoms with E-state index in [0.717, 1.165) is 27.7 Å². The first-order valence-corrected chi connectivity index (χ1v) is 4.86. The minimum Gasteiger partial charge on any atom is -0.497 e. The van der Waals surface area contributed by atoms with Gasteiger partial charge in [0, 0.05) is 10.9 Å². The highest BCUT2D eigenvalue weighted by Gasteiger charge is 2.07. The lowest BCUT2D eigenvalue weighted by Gasteiger charge is -1.98. The van der Waals surface area contributed by atoms with E-state index in [1.807, 2.05) is 18.2 Å². The predicted octanol–water partition coefficient (Wildman–Crippen LogP) is 1.70. The first-order chi connectivity index (χ1) is 7.78. The zero-order valence-corrected chi connectivity index (χ0v) is 8.69. The summed E-state index contributed by atoms with van der Waals surface area (Å²) in [6, 6.07) is 5.78. The van der Waals surface area contributed by atoms with Gasteiger partial charge in [-0.3, -0.25) is 0 Å². The molecule has 0 radical (unpaired) electrons. The highest BCUT2D eigenvalue weighted by Crippen LogP contribution is 2.27. The number of rotatable bonds is 1. The Kier molecular flexibility index (Phi) is 1.73. The number of ether oxygens (including phenoxy) is 1. The van der Waals surface area contributed by atoms with Crippen molar-refractivity contribution in [2.45, 2.75) is 0 Å². The summed E-state index contributed by atoms with van der Waals surface area (Å²) in [5.74, 6) is 1.07. The van der Waals surface area contributed by atoms with Gasteiger partial charge in [-0.15, -0.1) is 0 Å². The molecule has 5 heteroatoms. The number of aromatic nitrogens is 3. The SMILES string of the molecule is COc1ccc2[nH]c3cnc(N)nc3c2c1. The number of hydrogen-bond acceptors (Lipinski definition) is 4. The monoisotopic (exact) mass is 214 g/mol. The number of methoxy groups -OCH3 is 1. The van der Waals surface area contributed by atoms with Crippen molar-refractivity contribution < 1.29 is 4.74 Å². The number of anilines is 1. The van der Waals surface area contributed by atoms with Gasteiger partial charge in [-0.1, -0.05) is 0 Å². The van der Waals surface area contributed by atoms with Crippen LogP contribution in [0.4, 0.5) is 5.95 Å². The summed E-state index contributed by atoms with van der Waals surface area (Å²) >= 11 is 0. The van der Waals surface area contributed by atoms with E-state index in [4.69, 9.17) is 10.5 Å². The molecule has 3 aromatic rings. The van der Waals surface area contributed by atoms with Crippen LogP contribution in [0.25, 0.3) is 21.9 Å². The summed E-state index contributed by atoms with van der Waals surface area (Å²) in [6.07, 6.45) is 1.68. The third-order valence-electron chi connectivity index (χ3n) is 2.56. The number of H-pyrrole nitrogens is 1. The maximum atomic E-state index is 5.58. The maximum absolute atomic E-state index is 5.58. The predicted molar refractivity (Wildman–Crippen MR) is 62.4 cm³/mol. The Morgan fingerprint density at radius 1 is 1.31 bits per heavy atom. The molecule has 2 heterocycles. The van der Waals surface area contributed by atoms with E-state index >= 15 is 0 Å². The first-order valence-electron chi connectivity index (χ1n) is 4.86. The third-order valence-corrected chi connectivity index (χ3v) is 2.56. The van der Waals surface area contributed by atoms with E-state index in [9.17, 15) is 0 Å². The number of nitrogens with one attached hydrogen (secondary N) is 1. The summed E-state index contributed by atoms with van der Waals surface area (Å²) in [7, 11) is 1.64. The summed E-state index contributed by atoms with van der Waals surface area (Å²) < 4.78 is 5.18. The molecular weight excluding hydrogens is 204 g/mol. The molecule has 3 rings (SSSR count). The van der Waals surface area contributed by atoms with Crippen molar-refractivity contribution in [3.05, 3.63) is 24.4 Å². The average Bonchev–Trinajstić information content (AvgIpc) is 2.66. The van der Waals surface area contributed by atoms with Crippen LogP contribution in [0.1, 0.15) is 0 Å². The molecule has 16 heavy (non-hydrogen) atoms. The van der Waals surface area contributed by atoms with E-state index in [0.29, 0.717) is 0 Å². The average molecular weight is 214 g/mol. The Morgan fingerprint density at radius 3 is 3.00 bits per heavy atom. The second-order valence-electron chi connectivity index (χ2n) is 3.53. The fourth-order valence-corrected chi connectivity index (χ4v) is 1.79. The standard InChI is InChI=1S/C11H10N4O/c1-16-6-2-3-8-7(4-6)10-9(14-8)5-13-11(12)15-10/h2-5,14H,1H3,(H2,12,13,15). The molecule has 0 fully saturated rings. The second-order valence-corrected chi connectivity index (χ2v) is 3.53. The van der Waals surface area contributed by atoms with Crippen LogP contribution >= 0.6 is 0 Å². The lowest BCUT2D eigenvalue weighted by Crippen LogP contribution is -1.92. The zero-order valence-electron chi connectivity index (χ0n) is 8.69. The van der Waals surface area contributed by atoms with Crippen LogP contribution in [-0.4, -0.2) is 22.1 Å². The van der Waals surface area contributed by atoms with E-state index < -0.39 is 0 Å². The summed E-state index contributed by atoms with van der Waals surface area (Å²) in [5.41, 5.74) is 8.27. The van der Waals surface area contributed by atoms with Crippen LogP contribution in [0.15, 0.2) is 24.4 Å². The highest BCUT2D eigenvalue weighted by molar-refractivity contribution is 6.05. The minimum absolute atomic E-state index is 0.274. The molecule has 80 valence electrons. The normalized spacial score (nSPS) is 11.1. The second kappa shape index (κ2) is 3.10. The topological polar surface area (TPSA) is 76.8 Å². The van der Waals surface area contributed by atoms with Crippen LogP contribution in [0.2, 0.25) is 0 Å². The molecule has 0 saturated heterocycles. The van der Waals surface area contributed by atoms with Gasteiger partial charge in [-0.2, -0.15) is 0 Å². The van der Waals surface area contributed by atoms with Gasteiger partial charge in [0.15, 0.2) is 0 Å². The van der Waals surface area contributed by atoms with Crippen molar-refractivity contribution in [2.75, 3.05) is 12.8 Å². The Labute approximate surface area is 91.3 Å². The fourth-order valence-electron chi connectivity index (χ4n) is 1.79. The molecule has 0 aliphatic heterocycles. The zero-order chi connectivity index (χ0) is 11.1. The van der Waals surface area contributed by atoms with Crippen LogP contribution in [0.3, 0.4) is 0 Å². The molecule has 0 atom stereocenters. The van der Waals surface area contributed by atoms with Crippen molar-refractivity contribution >= 4 is 27.9 Å². The molecule has 3 N–H and O–H groups in total. The van der Waals surface area contributed by atoms with Crippen molar-refractivity contribution in [1.82, 2.24) is 15.0 Å². The van der Waals surface area contributed by atoms with Gasteiger partial charge >= 0.3 is 0 Å². The van der Waals surface area contributed by atoms with Crippen LogP contribution in [-0.2, 0) is 0 Å². The third kappa shape index (κ3) is 1.18. The molecule has 0 spiro atoms. The molecule has 0 aliphatic carbocycles. The minimum atomic E-state index is 0.274. The van der Waals surface area contributed by atoms with E-state index in [2.05, 4.69) is 15.0 Å². The van der Waals surface area contributed by atoms with Crippen molar-refractivity contribution in [2.24, 2.45) is 0 Å². The lowest BCUT2D eigenvalue weighted by atomic mass is 10.2. The number of hydrogen-bond donors (Lipinski definition) is 2. The largest absolute Gasteiger partial charge is 0.497 e. The summed E-state index contributed by atoms with van der Waals surface area (Å²) in [6.45, 7) is 0. The summed E-state index contributed by atoms with van der Waals surface area (Å²) in [4.78, 5) is 11.4. The van der Waals surface area contributed by atoms with E-state index in [-0.39, 0.29) is 5.95 Å². The molecule has 0 amide bonds. The smallest absolute Gasteiger partial charge is 0.220 e. The number of fused-ring (bicyclic) bond motifs is 3. The molecule has 1 aromatic carbocycles. The van der Waals surface area contributed by atoms with Crippen LogP contribution < -0.4 is 10.5 Å². The molecule has 0 saturated carbocycles. The Bertz CT molecular complexity index is 674. The highest BCUT2D eigenvalue weighted by atomic mass is 16.5. The number of nitrogens with zero attached hydrogens (tertiary/aromatic N) is 2. The van der Waals surface area contributed by atoms with Gasteiger partial charge in [0.2, 0.25) is 5.95 Å². The molecular formula is C11H10N4O. The Morgan fingerprint density at radius 2 is 2.19 bits per heavy atom. The number of nitrogens with two attached hydrogens (primary N) is 1. The van der Waals surface area contributed by atoms with Gasteiger partial charge in [-0.25, -0.2) is 9.97 Å². The fraction of sp³-hybridized carbons (Fsp3) is 0.0909. The van der Waals surface area contributed by atoms with Gasteiger partial charge < -0.3 is 15.5 Å². The Hall–Kier alpha value is -2.30. The van der Waals surface area contributed by atoms with Crippen molar-refractivity contribution in [3.63, 3.8) is 0 Å². The van der Waals surface area contributed by atoms with Gasteiger partial charge in [0.1, 0.15) is 11.3 Å². The van der Waals surface area contributed by atoms with Crippen LogP contribution in [0.5, 0.6) is 5.75 Å². The van der Waals surface area contributed by atoms with Gasteiger partial charge in [0.25, 0.3) is 0 Å². The molecule has 0 bridgehead atoms. The van der Waals surface area contributed by atoms with Crippen LogP contribution in [0, 0.1) is 0 Å². The number of benzene rings is 1. The van der Waals surface area contributed by atoms with Gasteiger partial charge in [0.05, 0.1) is 18.8 Å². The first kappa shape index (κ1) is 8.96. The summed E-state index contributed by atoms with van der Waals surface area (Å²) in [5, 5.41) is 0.989. The lowest BCUT2D eigenvalue weighted by molar-refractivity contribution is 0.415.